The molecule has 0 aliphatic carbocycles. The maximum atomic E-state index is 12.7. The van der Waals surface area contributed by atoms with Crippen LogP contribution in [0, 0.1) is 11.8 Å². The van der Waals surface area contributed by atoms with E-state index in [2.05, 4.69) is 52.4 Å². The predicted octanol–water partition coefficient (Wildman–Crippen LogP) is 7.09. The van der Waals surface area contributed by atoms with E-state index >= 15 is 0 Å². The molecular weight excluding hydrogens is 692 g/mol. The Hall–Kier alpha value is -7.53. The number of esters is 4. The van der Waals surface area contributed by atoms with Crippen LogP contribution in [0.25, 0.3) is 11.1 Å². The molecule has 3 aromatic carbocycles. The highest BCUT2D eigenvalue weighted by Gasteiger charge is 2.23. The molecule has 270 valence electrons. The molecule has 0 atom stereocenters. The molecule has 14 heteroatoms. The maximum absolute atomic E-state index is 12.7. The van der Waals surface area contributed by atoms with E-state index in [1.165, 1.54) is 88.4 Å². The molecule has 3 rings (SSSR count). The number of carbonyl (C=O) groups is 7. The third-order valence-corrected chi connectivity index (χ3v) is 6.13. The van der Waals surface area contributed by atoms with Crippen molar-refractivity contribution in [2.45, 2.75) is 27.7 Å². The summed E-state index contributed by atoms with van der Waals surface area (Å²) >= 11 is 0. The van der Waals surface area contributed by atoms with Crippen LogP contribution in [0.2, 0.25) is 0 Å². The lowest BCUT2D eigenvalue weighted by Crippen LogP contribution is -2.17. The van der Waals surface area contributed by atoms with Gasteiger partial charge in [-0.1, -0.05) is 50.3 Å². The fraction of sp³-hybridized carbons (Fsp3) is 0.103. The van der Waals surface area contributed by atoms with Crippen molar-refractivity contribution >= 4 is 42.3 Å². The minimum atomic E-state index is -1.45. The summed E-state index contributed by atoms with van der Waals surface area (Å²) in [5.41, 5.74) is 0.675. The lowest BCUT2D eigenvalue weighted by molar-refractivity contribution is -0.135. The summed E-state index contributed by atoms with van der Waals surface area (Å²) in [6.45, 7) is 19.2. The van der Waals surface area contributed by atoms with Gasteiger partial charge >= 0.3 is 42.3 Å². The number of hydrogen-bond acceptors (Lipinski definition) is 14. The normalized spacial score (nSPS) is 9.81. The van der Waals surface area contributed by atoms with Gasteiger partial charge in [0.2, 0.25) is 0 Å². The second-order valence-corrected chi connectivity index (χ2v) is 10.9. The average molecular weight is 723 g/mol. The Labute approximate surface area is 302 Å². The van der Waals surface area contributed by atoms with Crippen LogP contribution in [0.3, 0.4) is 0 Å². The Bertz CT molecular complexity index is 2120. The number of hydrogen-bond donors (Lipinski definition) is 0. The molecule has 0 heterocycles. The van der Waals surface area contributed by atoms with Crippen LogP contribution in [-0.2, 0) is 33.4 Å². The number of benzene rings is 3. The molecule has 0 unspecified atom stereocenters. The minimum Gasteiger partial charge on any atom is -0.422 e. The van der Waals surface area contributed by atoms with Crippen molar-refractivity contribution in [1.29, 1.82) is 0 Å². The van der Waals surface area contributed by atoms with Gasteiger partial charge in [-0.2, -0.15) is 0 Å². The molecule has 0 radical (unpaired) electrons. The number of carbonyl (C=O) groups excluding carboxylic acids is 7. The lowest BCUT2D eigenvalue weighted by Gasteiger charge is -2.16. The van der Waals surface area contributed by atoms with Gasteiger partial charge in [0, 0.05) is 33.4 Å². The highest BCUT2D eigenvalue weighted by Crippen LogP contribution is 2.41. The van der Waals surface area contributed by atoms with E-state index in [1.54, 1.807) is 0 Å². The highest BCUT2D eigenvalue weighted by molar-refractivity contribution is 5.96. The predicted molar refractivity (Wildman–Crippen MR) is 186 cm³/mol. The van der Waals surface area contributed by atoms with Crippen molar-refractivity contribution in [3.63, 3.8) is 0 Å². The van der Waals surface area contributed by atoms with Gasteiger partial charge in [0.25, 0.3) is 0 Å². The first kappa shape index (κ1) is 39.9. The number of ether oxygens (including phenoxy) is 7. The van der Waals surface area contributed by atoms with Gasteiger partial charge < -0.3 is 33.2 Å². The molecule has 3 aromatic rings. The lowest BCUT2D eigenvalue weighted by atomic mass is 10.0. The first-order chi connectivity index (χ1) is 24.9. The van der Waals surface area contributed by atoms with E-state index < -0.39 is 42.3 Å². The van der Waals surface area contributed by atoms with Gasteiger partial charge in [0.1, 0.15) is 23.0 Å². The van der Waals surface area contributed by atoms with E-state index in [0.717, 1.165) is 0 Å². The Kier molecular flexibility index (Phi) is 13.5. The zero-order chi connectivity index (χ0) is 39.4. The standard InChI is InChI=1S/C39H30O14/c1-21(2)33(40)49-30-19-26(10-9-25-11-15-28(16-12-25)47-37(44)51-34(41)22(3)4)20-31(50-39(46)53-36(43)24(7)8)32(30)27-13-17-29(18-14-27)48-38(45)52-35(42)23(5)6/h11-20H,1,3,5,7H2,2,4,6,8H3. The number of rotatable bonds is 9. The molecular formula is C39H30O14. The van der Waals surface area contributed by atoms with Gasteiger partial charge in [-0.25, -0.2) is 33.6 Å². The second-order valence-electron chi connectivity index (χ2n) is 10.9. The Morgan fingerprint density at radius 1 is 0.453 bits per heavy atom. The SMILES string of the molecule is C=C(C)C(=O)OC(=O)Oc1ccc(C#Cc2cc(OC(=O)OC(=O)C(=C)C)c(-c3ccc(OC(=O)OC(=O)C(=C)C)cc3)c(OC(=O)C(=C)C)c2)cc1. The average Bonchev–Trinajstić information content (AvgIpc) is 3.08. The smallest absolute Gasteiger partial charge is 0.422 e. The van der Waals surface area contributed by atoms with Gasteiger partial charge in [-0.15, -0.1) is 0 Å². The van der Waals surface area contributed by atoms with Gasteiger partial charge in [-0.3, -0.25) is 0 Å². The molecule has 53 heavy (non-hydrogen) atoms. The van der Waals surface area contributed by atoms with E-state index in [4.69, 9.17) is 18.9 Å². The van der Waals surface area contributed by atoms with E-state index in [9.17, 15) is 33.6 Å². The van der Waals surface area contributed by atoms with E-state index in [1.807, 2.05) is 0 Å². The van der Waals surface area contributed by atoms with E-state index in [0.29, 0.717) is 5.56 Å². The van der Waals surface area contributed by atoms with Crippen LogP contribution in [0.15, 0.2) is 109 Å². The molecule has 0 saturated heterocycles. The molecule has 0 N–H and O–H groups in total. The summed E-state index contributed by atoms with van der Waals surface area (Å²) in [6, 6.07) is 13.8. The molecule has 14 nitrogen and oxygen atoms in total. The van der Waals surface area contributed by atoms with Crippen molar-refractivity contribution in [2.24, 2.45) is 0 Å². The Morgan fingerprint density at radius 2 is 0.811 bits per heavy atom. The van der Waals surface area contributed by atoms with Gasteiger partial charge in [0.15, 0.2) is 0 Å². The molecule has 0 saturated carbocycles. The summed E-state index contributed by atoms with van der Waals surface area (Å²) in [5, 5.41) is 0. The second kappa shape index (κ2) is 17.9. The fourth-order valence-corrected chi connectivity index (χ4v) is 3.57. The summed E-state index contributed by atoms with van der Waals surface area (Å²) in [6.07, 6.45) is -4.03. The van der Waals surface area contributed by atoms with Crippen molar-refractivity contribution in [3.8, 4) is 46.0 Å². The third-order valence-electron chi connectivity index (χ3n) is 6.13. The van der Waals surface area contributed by atoms with Crippen molar-refractivity contribution in [1.82, 2.24) is 0 Å². The summed E-state index contributed by atoms with van der Waals surface area (Å²) < 4.78 is 34.7. The summed E-state index contributed by atoms with van der Waals surface area (Å²) in [5.74, 6) is 1.36. The topological polar surface area (TPSA) is 184 Å². The summed E-state index contributed by atoms with van der Waals surface area (Å²) in [7, 11) is 0. The van der Waals surface area contributed by atoms with Gasteiger partial charge in [0.05, 0.1) is 5.56 Å². The van der Waals surface area contributed by atoms with Crippen LogP contribution in [-0.4, -0.2) is 42.3 Å². The molecule has 0 aromatic heterocycles. The van der Waals surface area contributed by atoms with Crippen molar-refractivity contribution < 1.29 is 66.7 Å². The molecule has 0 fully saturated rings. The monoisotopic (exact) mass is 722 g/mol. The maximum Gasteiger partial charge on any atom is 0.522 e. The highest BCUT2D eigenvalue weighted by atomic mass is 16.8. The van der Waals surface area contributed by atoms with Crippen molar-refractivity contribution in [2.75, 3.05) is 0 Å². The first-order valence-corrected chi connectivity index (χ1v) is 15.0. The summed E-state index contributed by atoms with van der Waals surface area (Å²) in [4.78, 5) is 84.5. The zero-order valence-corrected chi connectivity index (χ0v) is 28.8. The molecule has 0 spiro atoms. The zero-order valence-electron chi connectivity index (χ0n) is 28.8. The van der Waals surface area contributed by atoms with Crippen LogP contribution in [0.1, 0.15) is 38.8 Å². The molecule has 0 bridgehead atoms. The third kappa shape index (κ3) is 12.1. The Balaban J connectivity index is 2.06. The van der Waals surface area contributed by atoms with Crippen LogP contribution >= 0.6 is 0 Å². The molecule has 0 amide bonds. The van der Waals surface area contributed by atoms with Crippen LogP contribution in [0.4, 0.5) is 14.4 Å². The van der Waals surface area contributed by atoms with Crippen LogP contribution in [0.5, 0.6) is 23.0 Å². The van der Waals surface area contributed by atoms with Gasteiger partial charge in [-0.05, 0) is 81.8 Å². The molecule has 0 aliphatic heterocycles. The first-order valence-electron chi connectivity index (χ1n) is 15.0. The quantitative estimate of drug-likeness (QED) is 0.0415. The minimum absolute atomic E-state index is 0.00454. The van der Waals surface area contributed by atoms with E-state index in [-0.39, 0.29) is 62.0 Å². The largest absolute Gasteiger partial charge is 0.522 e. The van der Waals surface area contributed by atoms with Crippen LogP contribution < -0.4 is 18.9 Å². The fourth-order valence-electron chi connectivity index (χ4n) is 3.57. The Morgan fingerprint density at radius 3 is 1.23 bits per heavy atom. The van der Waals surface area contributed by atoms with Crippen molar-refractivity contribution in [3.05, 3.63) is 120 Å². The molecule has 0 aliphatic rings.